The summed E-state index contributed by atoms with van der Waals surface area (Å²) in [6.45, 7) is 1.72. The van der Waals surface area contributed by atoms with E-state index < -0.39 is 10.2 Å². The topological polar surface area (TPSA) is 167 Å². The molecular formula is C6H18N4O7. The summed E-state index contributed by atoms with van der Waals surface area (Å²) in [6, 6.07) is 0. The molecule has 0 radical (unpaired) electrons. The molecule has 0 saturated carbocycles. The third kappa shape index (κ3) is 77.2. The minimum atomic E-state index is -1.75. The van der Waals surface area contributed by atoms with Gasteiger partial charge in [0.15, 0.2) is 0 Å². The molecule has 0 fully saturated rings. The van der Waals surface area contributed by atoms with Crippen LogP contribution in [-0.4, -0.2) is 55.7 Å². The fourth-order valence-corrected chi connectivity index (χ4v) is 0.357. The molecule has 0 aromatic rings. The van der Waals surface area contributed by atoms with E-state index >= 15 is 0 Å². The van der Waals surface area contributed by atoms with Gasteiger partial charge in [-0.2, -0.15) is 0 Å². The van der Waals surface area contributed by atoms with E-state index in [2.05, 4.69) is 10.2 Å². The first-order valence-corrected chi connectivity index (χ1v) is 4.54. The van der Waals surface area contributed by atoms with Crippen molar-refractivity contribution in [2.75, 3.05) is 40.4 Å². The van der Waals surface area contributed by atoms with Gasteiger partial charge in [-0.1, -0.05) is 0 Å². The second kappa shape index (κ2) is 19.8. The minimum Gasteiger partial charge on any atom is -0.395 e. The summed E-state index contributed by atoms with van der Waals surface area (Å²) < 4.78 is 0. The fraction of sp³-hybridized carbons (Fsp3) is 1.00. The summed E-state index contributed by atoms with van der Waals surface area (Å²) in [6.07, 6.45) is 0. The summed E-state index contributed by atoms with van der Waals surface area (Å²) in [7, 11) is 3.62. The van der Waals surface area contributed by atoms with Crippen molar-refractivity contribution in [3.8, 4) is 0 Å². The van der Waals surface area contributed by atoms with Crippen LogP contribution in [0.3, 0.4) is 0 Å². The van der Waals surface area contributed by atoms with E-state index in [9.17, 15) is 10.1 Å². The Balaban J connectivity index is -0.000000188. The van der Waals surface area contributed by atoms with Crippen LogP contribution >= 0.6 is 0 Å². The maximum atomic E-state index is 9.44. The third-order valence-electron chi connectivity index (χ3n) is 0.965. The Morgan fingerprint density at radius 3 is 2.00 bits per heavy atom. The quantitative estimate of drug-likeness (QED) is 0.263. The maximum absolute atomic E-state index is 9.44. The van der Waals surface area contributed by atoms with E-state index in [4.69, 9.17) is 20.4 Å². The van der Waals surface area contributed by atoms with Crippen molar-refractivity contribution in [1.82, 2.24) is 5.32 Å². The second-order valence-corrected chi connectivity index (χ2v) is 2.30. The van der Waals surface area contributed by atoms with Crippen LogP contribution in [0.25, 0.3) is 0 Å². The summed E-state index contributed by atoms with van der Waals surface area (Å²) in [5, 5.41) is 36.0. The number of nitrogens with two attached hydrogens (primary N) is 1. The lowest BCUT2D eigenvalue weighted by Crippen LogP contribution is -2.80. The lowest BCUT2D eigenvalue weighted by molar-refractivity contribution is -0.768. The zero-order chi connectivity index (χ0) is 14.1. The van der Waals surface area contributed by atoms with E-state index in [0.29, 0.717) is 13.1 Å². The molecule has 0 aliphatic carbocycles. The molecule has 0 atom stereocenters. The molecular weight excluding hydrogens is 240 g/mol. The molecule has 11 nitrogen and oxygen atoms in total. The Morgan fingerprint density at radius 1 is 1.35 bits per heavy atom. The van der Waals surface area contributed by atoms with Gasteiger partial charge < -0.3 is 35.9 Å². The largest absolute Gasteiger partial charge is 0.395 e. The first kappa shape index (κ1) is 20.7. The smallest absolute Gasteiger partial charge is 0.294 e. The third-order valence-corrected chi connectivity index (χ3v) is 0.965. The molecule has 0 rings (SSSR count). The zero-order valence-electron chi connectivity index (χ0n) is 9.70. The van der Waals surface area contributed by atoms with Crippen LogP contribution in [0.1, 0.15) is 0 Å². The molecule has 0 aromatic heterocycles. The monoisotopic (exact) mass is 258 g/mol. The van der Waals surface area contributed by atoms with Crippen molar-refractivity contribution >= 4 is 0 Å². The van der Waals surface area contributed by atoms with Gasteiger partial charge in [0, 0.05) is 6.54 Å². The van der Waals surface area contributed by atoms with Gasteiger partial charge in [-0.25, -0.2) is 0 Å². The van der Waals surface area contributed by atoms with Crippen molar-refractivity contribution < 1.29 is 25.4 Å². The van der Waals surface area contributed by atoms with E-state index in [0.717, 1.165) is 0 Å². The molecule has 11 heteroatoms. The Kier molecular flexibility index (Phi) is 24.1. The highest BCUT2D eigenvalue weighted by molar-refractivity contribution is 4.27. The Labute approximate surface area is 97.6 Å². The molecule has 0 heterocycles. The van der Waals surface area contributed by atoms with Crippen LogP contribution in [0.2, 0.25) is 0 Å². The van der Waals surface area contributed by atoms with Crippen molar-refractivity contribution in [2.24, 2.45) is 0 Å². The van der Waals surface area contributed by atoms with E-state index in [1.54, 1.807) is 7.05 Å². The van der Waals surface area contributed by atoms with Gasteiger partial charge in [0.25, 0.3) is 5.09 Å². The molecule has 0 bridgehead atoms. The van der Waals surface area contributed by atoms with Crippen LogP contribution in [0, 0.1) is 25.4 Å². The summed E-state index contributed by atoms with van der Waals surface area (Å²) in [5.41, 5.74) is 0. The average molecular weight is 258 g/mol. The van der Waals surface area contributed by atoms with Gasteiger partial charge in [0.2, 0.25) is 0 Å². The predicted molar refractivity (Wildman–Crippen MR) is 57.0 cm³/mol. The highest BCUT2D eigenvalue weighted by atomic mass is 16.9. The maximum Gasteiger partial charge on any atom is 0.294 e. The Bertz CT molecular complexity index is 174. The molecule has 0 aromatic carbocycles. The number of nitrogens with one attached hydrogen (secondary N) is 1. The number of rotatable bonds is 6. The molecule has 0 saturated heterocycles. The number of hydrogen-bond acceptors (Lipinski definition) is 8. The average Bonchev–Trinajstić information content (AvgIpc) is 2.19. The molecule has 17 heavy (non-hydrogen) atoms. The van der Waals surface area contributed by atoms with E-state index in [1.165, 1.54) is 0 Å². The molecule has 0 amide bonds. The summed E-state index contributed by atoms with van der Waals surface area (Å²) >= 11 is 0. The van der Waals surface area contributed by atoms with Crippen LogP contribution in [0.15, 0.2) is 0 Å². The van der Waals surface area contributed by atoms with E-state index in [1.807, 2.05) is 12.4 Å². The number of nitrogens with zero attached hydrogens (tertiary/aromatic N) is 2. The Hall–Kier alpha value is -1.72. The van der Waals surface area contributed by atoms with Gasteiger partial charge in [-0.05, 0) is 7.05 Å². The number of aliphatic hydroxyl groups excluding tert-OH is 1. The first-order chi connectivity index (χ1) is 7.92. The first-order valence-electron chi connectivity index (χ1n) is 4.54. The lowest BCUT2D eigenvalue weighted by Gasteiger charge is -1.92. The summed E-state index contributed by atoms with van der Waals surface area (Å²) in [5.74, 6) is 0. The van der Waals surface area contributed by atoms with Gasteiger partial charge in [-0.15, -0.1) is 10.1 Å². The normalized spacial score (nSPS) is 7.94. The molecule has 0 unspecified atom stereocenters. The Morgan fingerprint density at radius 2 is 1.82 bits per heavy atom. The fourth-order valence-electron chi connectivity index (χ4n) is 0.357. The molecule has 104 valence electrons. The standard InChI is InChI=1S/C3H8N2O3.C3H9NO.NO3/c1-4-2-3-8-5(6)7;1-4-2-3-5;2-1(3)4/h4H,2-3H2,1H3;4-5H,2-3H2,1H3;/q;;-1/p+1. The van der Waals surface area contributed by atoms with Gasteiger partial charge in [0.05, 0.1) is 25.3 Å². The minimum absolute atomic E-state index is 0.170. The zero-order valence-corrected chi connectivity index (χ0v) is 9.70. The van der Waals surface area contributed by atoms with Gasteiger partial charge in [-0.3, -0.25) is 0 Å². The van der Waals surface area contributed by atoms with Crippen molar-refractivity contribution in [3.05, 3.63) is 25.4 Å². The van der Waals surface area contributed by atoms with Crippen LogP contribution < -0.4 is 10.6 Å². The number of aliphatic hydroxyl groups is 1. The van der Waals surface area contributed by atoms with Crippen LogP contribution in [0.4, 0.5) is 0 Å². The molecule has 0 aliphatic rings. The highest BCUT2D eigenvalue weighted by Gasteiger charge is 1.91. The lowest BCUT2D eigenvalue weighted by atomic mass is 10.7. The van der Waals surface area contributed by atoms with Crippen molar-refractivity contribution in [3.63, 3.8) is 0 Å². The number of likely N-dealkylation sites (N-methyl/N-ethyl adjacent to an activating group) is 2. The summed E-state index contributed by atoms with van der Waals surface area (Å²) in [4.78, 5) is 21.7. The molecule has 0 spiro atoms. The van der Waals surface area contributed by atoms with Crippen molar-refractivity contribution in [1.29, 1.82) is 0 Å². The number of quaternary nitrogens is 1. The van der Waals surface area contributed by atoms with Gasteiger partial charge in [0.1, 0.15) is 6.61 Å². The molecule has 0 aliphatic heterocycles. The van der Waals surface area contributed by atoms with Crippen molar-refractivity contribution in [2.45, 2.75) is 0 Å². The SMILES string of the molecule is CNCCO.C[NH2+]CCO[N+](=O)[O-].O=[N+]([O-])[O-]. The number of hydrogen-bond donors (Lipinski definition) is 3. The van der Waals surface area contributed by atoms with Gasteiger partial charge >= 0.3 is 0 Å². The highest BCUT2D eigenvalue weighted by Crippen LogP contribution is 1.67. The second-order valence-electron chi connectivity index (χ2n) is 2.30. The van der Waals surface area contributed by atoms with E-state index in [-0.39, 0.29) is 13.2 Å². The molecule has 4 N–H and O–H groups in total. The van der Waals surface area contributed by atoms with Crippen LogP contribution in [0.5, 0.6) is 0 Å². The van der Waals surface area contributed by atoms with Crippen LogP contribution in [-0.2, 0) is 4.84 Å². The predicted octanol–water partition coefficient (Wildman–Crippen LogP) is -2.65.